The van der Waals surface area contributed by atoms with Crippen molar-refractivity contribution in [2.75, 3.05) is 5.32 Å². The lowest BCUT2D eigenvalue weighted by atomic mass is 10.1. The summed E-state index contributed by atoms with van der Waals surface area (Å²) in [5.74, 6) is -1.38. The minimum Gasteiger partial charge on any atom is -0.507 e. The summed E-state index contributed by atoms with van der Waals surface area (Å²) >= 11 is 0. The molecule has 2 aromatic heterocycles. The number of pyridine rings is 1. The molecule has 5 nitrogen and oxygen atoms in total. The zero-order chi connectivity index (χ0) is 16.7. The van der Waals surface area contributed by atoms with E-state index in [9.17, 15) is 14.3 Å². The monoisotopic (exact) mass is 321 g/mol. The maximum absolute atomic E-state index is 13.8. The first kappa shape index (κ1) is 14.2. The largest absolute Gasteiger partial charge is 0.507 e. The van der Waals surface area contributed by atoms with Gasteiger partial charge in [-0.15, -0.1) is 0 Å². The molecule has 118 valence electrons. The van der Waals surface area contributed by atoms with Gasteiger partial charge in [0.25, 0.3) is 5.91 Å². The van der Waals surface area contributed by atoms with Gasteiger partial charge in [-0.1, -0.05) is 18.2 Å². The van der Waals surface area contributed by atoms with Crippen molar-refractivity contribution < 1.29 is 14.3 Å². The molecule has 2 heterocycles. The zero-order valence-electron chi connectivity index (χ0n) is 12.4. The molecule has 0 saturated heterocycles. The van der Waals surface area contributed by atoms with E-state index < -0.39 is 11.7 Å². The second kappa shape index (κ2) is 5.34. The number of hydrogen-bond acceptors (Lipinski definition) is 3. The van der Waals surface area contributed by atoms with Gasteiger partial charge in [0, 0.05) is 6.20 Å². The van der Waals surface area contributed by atoms with Gasteiger partial charge in [0.2, 0.25) is 0 Å². The fourth-order valence-corrected chi connectivity index (χ4v) is 2.69. The summed E-state index contributed by atoms with van der Waals surface area (Å²) < 4.78 is 15.6. The lowest BCUT2D eigenvalue weighted by Crippen LogP contribution is -2.13. The Morgan fingerprint density at radius 3 is 2.71 bits per heavy atom. The molecule has 0 aliphatic rings. The van der Waals surface area contributed by atoms with Gasteiger partial charge in [-0.25, -0.2) is 9.37 Å². The quantitative estimate of drug-likeness (QED) is 0.593. The molecule has 24 heavy (non-hydrogen) atoms. The number of para-hydroxylation sites is 1. The number of carbonyl (C=O) groups is 1. The van der Waals surface area contributed by atoms with E-state index in [-0.39, 0.29) is 17.0 Å². The van der Waals surface area contributed by atoms with Crippen LogP contribution in [0.3, 0.4) is 0 Å². The molecule has 0 saturated carbocycles. The molecule has 2 N–H and O–H groups in total. The van der Waals surface area contributed by atoms with E-state index >= 15 is 0 Å². The third-order valence-corrected chi connectivity index (χ3v) is 3.81. The van der Waals surface area contributed by atoms with Gasteiger partial charge < -0.3 is 10.4 Å². The number of halogens is 1. The Labute approximate surface area is 136 Å². The van der Waals surface area contributed by atoms with Crippen LogP contribution in [0, 0.1) is 5.82 Å². The summed E-state index contributed by atoms with van der Waals surface area (Å²) in [5.41, 5.74) is 1.75. The van der Waals surface area contributed by atoms with Gasteiger partial charge in [-0.2, -0.15) is 0 Å². The van der Waals surface area contributed by atoms with E-state index in [4.69, 9.17) is 0 Å². The molecule has 0 aliphatic heterocycles. The molecular weight excluding hydrogens is 309 g/mol. The summed E-state index contributed by atoms with van der Waals surface area (Å²) in [7, 11) is 0. The summed E-state index contributed by atoms with van der Waals surface area (Å²) in [5, 5.41) is 12.6. The van der Waals surface area contributed by atoms with Gasteiger partial charge >= 0.3 is 0 Å². The molecule has 0 radical (unpaired) electrons. The van der Waals surface area contributed by atoms with Crippen LogP contribution in [0.5, 0.6) is 5.75 Å². The number of benzene rings is 2. The highest BCUT2D eigenvalue weighted by molar-refractivity contribution is 6.14. The van der Waals surface area contributed by atoms with Gasteiger partial charge in [0.1, 0.15) is 28.3 Å². The van der Waals surface area contributed by atoms with Gasteiger partial charge in [0.05, 0.1) is 11.2 Å². The van der Waals surface area contributed by atoms with Crippen LogP contribution in [0.1, 0.15) is 10.4 Å². The molecule has 0 aliphatic carbocycles. The van der Waals surface area contributed by atoms with Crippen LogP contribution >= 0.6 is 0 Å². The first-order valence-electron chi connectivity index (χ1n) is 7.30. The molecular formula is C18H12FN3O2. The number of fused-ring (bicyclic) bond motifs is 3. The molecule has 0 atom stereocenters. The van der Waals surface area contributed by atoms with Crippen LogP contribution in [-0.2, 0) is 0 Å². The van der Waals surface area contributed by atoms with Gasteiger partial charge in [-0.05, 0) is 36.4 Å². The van der Waals surface area contributed by atoms with Crippen LogP contribution in [-0.4, -0.2) is 20.4 Å². The van der Waals surface area contributed by atoms with Crippen LogP contribution in [0.4, 0.5) is 10.1 Å². The molecule has 0 unspecified atom stereocenters. The molecule has 0 spiro atoms. The predicted octanol–water partition coefficient (Wildman–Crippen LogP) is 3.58. The Morgan fingerprint density at radius 1 is 1.08 bits per heavy atom. The molecule has 0 bridgehead atoms. The number of amides is 1. The molecule has 1 amide bonds. The van der Waals surface area contributed by atoms with Crippen molar-refractivity contribution >= 4 is 28.3 Å². The van der Waals surface area contributed by atoms with Crippen molar-refractivity contribution in [1.29, 1.82) is 0 Å². The number of aromatic hydroxyl groups is 1. The summed E-state index contributed by atoms with van der Waals surface area (Å²) in [6, 6.07) is 14.4. The number of rotatable bonds is 2. The SMILES string of the molecule is O=C(Nc1ccccc1F)c1c(O)ccc2c1nc1ccccn12. The maximum Gasteiger partial charge on any atom is 0.261 e. The highest BCUT2D eigenvalue weighted by Gasteiger charge is 2.20. The highest BCUT2D eigenvalue weighted by Crippen LogP contribution is 2.28. The Hall–Kier alpha value is -3.41. The lowest BCUT2D eigenvalue weighted by Gasteiger charge is -2.08. The van der Waals surface area contributed by atoms with Crippen molar-refractivity contribution in [1.82, 2.24) is 9.38 Å². The number of carbonyl (C=O) groups excluding carboxylic acids is 1. The Kier molecular flexibility index (Phi) is 3.16. The van der Waals surface area contributed by atoms with E-state index in [1.54, 1.807) is 18.2 Å². The molecule has 6 heteroatoms. The van der Waals surface area contributed by atoms with Crippen LogP contribution < -0.4 is 5.32 Å². The minimum atomic E-state index is -0.619. The molecule has 4 aromatic rings. The number of nitrogens with one attached hydrogen (secondary N) is 1. The van der Waals surface area contributed by atoms with Crippen LogP contribution in [0.25, 0.3) is 16.7 Å². The first-order valence-corrected chi connectivity index (χ1v) is 7.30. The fraction of sp³-hybridized carbons (Fsp3) is 0. The number of aromatic nitrogens is 2. The highest BCUT2D eigenvalue weighted by atomic mass is 19.1. The summed E-state index contributed by atoms with van der Waals surface area (Å²) in [6.07, 6.45) is 1.82. The van der Waals surface area contributed by atoms with Gasteiger partial charge in [-0.3, -0.25) is 9.20 Å². The van der Waals surface area contributed by atoms with Crippen LogP contribution in [0.15, 0.2) is 60.8 Å². The second-order valence-corrected chi connectivity index (χ2v) is 5.30. The number of hydrogen-bond donors (Lipinski definition) is 2. The Morgan fingerprint density at radius 2 is 1.88 bits per heavy atom. The number of anilines is 1. The average molecular weight is 321 g/mol. The first-order chi connectivity index (χ1) is 11.6. The summed E-state index contributed by atoms with van der Waals surface area (Å²) in [4.78, 5) is 17.0. The lowest BCUT2D eigenvalue weighted by molar-refractivity contribution is 0.102. The van der Waals surface area contributed by atoms with Crippen molar-refractivity contribution in [2.45, 2.75) is 0 Å². The van der Waals surface area contributed by atoms with E-state index in [0.717, 1.165) is 0 Å². The maximum atomic E-state index is 13.8. The van der Waals surface area contributed by atoms with E-state index in [1.165, 1.54) is 24.3 Å². The number of imidazole rings is 1. The third-order valence-electron chi connectivity index (χ3n) is 3.81. The second-order valence-electron chi connectivity index (χ2n) is 5.30. The van der Waals surface area contributed by atoms with E-state index in [0.29, 0.717) is 16.7 Å². The van der Waals surface area contributed by atoms with Crippen LogP contribution in [0.2, 0.25) is 0 Å². The smallest absolute Gasteiger partial charge is 0.261 e. The third kappa shape index (κ3) is 2.16. The zero-order valence-corrected chi connectivity index (χ0v) is 12.4. The normalized spacial score (nSPS) is 11.0. The molecule has 0 fully saturated rings. The van der Waals surface area contributed by atoms with Gasteiger partial charge in [0.15, 0.2) is 0 Å². The van der Waals surface area contributed by atoms with Crippen molar-refractivity contribution in [3.8, 4) is 5.75 Å². The van der Waals surface area contributed by atoms with E-state index in [1.807, 2.05) is 22.7 Å². The van der Waals surface area contributed by atoms with Crippen molar-refractivity contribution in [3.05, 3.63) is 72.2 Å². The topological polar surface area (TPSA) is 66.6 Å². The standard InChI is InChI=1S/C18H12FN3O2/c19-11-5-1-2-6-12(11)20-18(24)16-14(23)9-8-13-17(16)21-15-7-3-4-10-22(13)15/h1-10,23H,(H,20,24). The molecule has 4 rings (SSSR count). The predicted molar refractivity (Wildman–Crippen MR) is 88.7 cm³/mol. The Balaban J connectivity index is 1.88. The number of phenolic OH excluding ortho intramolecular Hbond substituents is 1. The average Bonchev–Trinajstić information content (AvgIpc) is 2.95. The fourth-order valence-electron chi connectivity index (χ4n) is 2.69. The Bertz CT molecular complexity index is 1090. The summed E-state index contributed by atoms with van der Waals surface area (Å²) in [6.45, 7) is 0. The number of nitrogens with zero attached hydrogens (tertiary/aromatic N) is 2. The van der Waals surface area contributed by atoms with Crippen molar-refractivity contribution in [3.63, 3.8) is 0 Å². The molecule has 2 aromatic carbocycles. The number of phenols is 1. The van der Waals surface area contributed by atoms with E-state index in [2.05, 4.69) is 10.3 Å². The van der Waals surface area contributed by atoms with Crippen molar-refractivity contribution in [2.24, 2.45) is 0 Å². The minimum absolute atomic E-state index is 0.0134.